The standard InChI is InChI=1S/C22H23ClN6O3/c1-31-19-12-15(5-6-17(19)23)26-20-13-16(14-25-21(30)18-4-2-3-7-24-18)27-22(28-20)29-8-10-32-11-9-29/h2-7,12-13H,8-11,14H2,1H3,(H,25,30)(H,26,27,28). The Balaban J connectivity index is 1.57. The number of aromatic nitrogens is 3. The monoisotopic (exact) mass is 454 g/mol. The van der Waals surface area contributed by atoms with Crippen molar-refractivity contribution in [2.24, 2.45) is 0 Å². The van der Waals surface area contributed by atoms with Crippen LogP contribution in [-0.4, -0.2) is 54.3 Å². The quantitative estimate of drug-likeness (QED) is 0.561. The van der Waals surface area contributed by atoms with E-state index in [1.807, 2.05) is 6.07 Å². The summed E-state index contributed by atoms with van der Waals surface area (Å²) in [4.78, 5) is 27.8. The summed E-state index contributed by atoms with van der Waals surface area (Å²) in [5.41, 5.74) is 1.78. The number of morpholine rings is 1. The number of benzene rings is 1. The maximum atomic E-state index is 12.4. The second-order valence-corrected chi connectivity index (χ2v) is 7.42. The van der Waals surface area contributed by atoms with E-state index in [1.165, 1.54) is 0 Å². The SMILES string of the molecule is COc1cc(Nc2cc(CNC(=O)c3ccccn3)nc(N3CCOCC3)n2)ccc1Cl. The number of carbonyl (C=O) groups excluding carboxylic acids is 1. The predicted octanol–water partition coefficient (Wildman–Crippen LogP) is 3.04. The van der Waals surface area contributed by atoms with E-state index in [4.69, 9.17) is 21.1 Å². The van der Waals surface area contributed by atoms with E-state index in [-0.39, 0.29) is 12.5 Å². The number of nitrogens with one attached hydrogen (secondary N) is 2. The van der Waals surface area contributed by atoms with Crippen LogP contribution in [0.1, 0.15) is 16.2 Å². The van der Waals surface area contributed by atoms with Gasteiger partial charge in [-0.15, -0.1) is 0 Å². The number of methoxy groups -OCH3 is 1. The molecule has 9 nitrogen and oxygen atoms in total. The Morgan fingerprint density at radius 1 is 1.19 bits per heavy atom. The highest BCUT2D eigenvalue weighted by Gasteiger charge is 2.17. The number of anilines is 3. The van der Waals surface area contributed by atoms with E-state index in [9.17, 15) is 4.79 Å². The number of halogens is 1. The molecule has 10 heteroatoms. The fourth-order valence-corrected chi connectivity index (χ4v) is 3.38. The van der Waals surface area contributed by atoms with Gasteiger partial charge in [0.2, 0.25) is 5.95 Å². The molecule has 1 aliphatic heterocycles. The molecule has 0 unspecified atom stereocenters. The van der Waals surface area contributed by atoms with Gasteiger partial charge in [-0.25, -0.2) is 4.98 Å². The first-order valence-electron chi connectivity index (χ1n) is 10.1. The summed E-state index contributed by atoms with van der Waals surface area (Å²) in [6.07, 6.45) is 1.58. The predicted molar refractivity (Wildman–Crippen MR) is 122 cm³/mol. The van der Waals surface area contributed by atoms with Crippen molar-refractivity contribution in [2.75, 3.05) is 43.6 Å². The van der Waals surface area contributed by atoms with Gasteiger partial charge in [0.15, 0.2) is 0 Å². The van der Waals surface area contributed by atoms with Gasteiger partial charge < -0.3 is 25.0 Å². The first kappa shape index (κ1) is 21.8. The summed E-state index contributed by atoms with van der Waals surface area (Å²) >= 11 is 6.13. The van der Waals surface area contributed by atoms with Crippen molar-refractivity contribution in [3.8, 4) is 5.75 Å². The summed E-state index contributed by atoms with van der Waals surface area (Å²) in [6.45, 7) is 2.84. The van der Waals surface area contributed by atoms with Crippen molar-refractivity contribution in [3.05, 3.63) is 65.1 Å². The molecule has 0 spiro atoms. The summed E-state index contributed by atoms with van der Waals surface area (Å²) in [7, 11) is 1.56. The molecule has 166 valence electrons. The molecule has 2 N–H and O–H groups in total. The molecule has 1 amide bonds. The minimum Gasteiger partial charge on any atom is -0.495 e. The van der Waals surface area contributed by atoms with Gasteiger partial charge >= 0.3 is 0 Å². The topological polar surface area (TPSA) is 102 Å². The van der Waals surface area contributed by atoms with Crippen LogP contribution in [0.5, 0.6) is 5.75 Å². The van der Waals surface area contributed by atoms with E-state index < -0.39 is 0 Å². The molecule has 3 aromatic rings. The Kier molecular flexibility index (Phi) is 6.98. The van der Waals surface area contributed by atoms with Crippen molar-refractivity contribution in [2.45, 2.75) is 6.54 Å². The molecule has 0 saturated carbocycles. The molecule has 1 aliphatic rings. The van der Waals surface area contributed by atoms with Crippen molar-refractivity contribution >= 4 is 35.0 Å². The van der Waals surface area contributed by atoms with Gasteiger partial charge in [-0.1, -0.05) is 17.7 Å². The lowest BCUT2D eigenvalue weighted by atomic mass is 10.3. The summed E-state index contributed by atoms with van der Waals surface area (Å²) in [5.74, 6) is 1.45. The van der Waals surface area contributed by atoms with E-state index in [1.54, 1.807) is 49.7 Å². The molecular weight excluding hydrogens is 432 g/mol. The average molecular weight is 455 g/mol. The molecule has 4 rings (SSSR count). The first-order valence-corrected chi connectivity index (χ1v) is 10.5. The lowest BCUT2D eigenvalue weighted by molar-refractivity contribution is 0.0945. The zero-order valence-corrected chi connectivity index (χ0v) is 18.3. The van der Waals surface area contributed by atoms with Gasteiger partial charge in [0.1, 0.15) is 17.3 Å². The average Bonchev–Trinajstić information content (AvgIpc) is 2.84. The number of hydrogen-bond acceptors (Lipinski definition) is 8. The molecule has 0 aliphatic carbocycles. The Hall–Kier alpha value is -3.43. The zero-order chi connectivity index (χ0) is 22.3. The Labute approximate surface area is 190 Å². The van der Waals surface area contributed by atoms with Crippen LogP contribution in [0.4, 0.5) is 17.5 Å². The number of rotatable bonds is 7. The van der Waals surface area contributed by atoms with Gasteiger partial charge in [-0.05, 0) is 24.3 Å². The van der Waals surface area contributed by atoms with Gasteiger partial charge in [-0.3, -0.25) is 9.78 Å². The molecule has 1 fully saturated rings. The third-order valence-corrected chi connectivity index (χ3v) is 5.12. The van der Waals surface area contributed by atoms with Crippen LogP contribution in [0.25, 0.3) is 0 Å². The highest BCUT2D eigenvalue weighted by molar-refractivity contribution is 6.32. The smallest absolute Gasteiger partial charge is 0.270 e. The maximum Gasteiger partial charge on any atom is 0.270 e. The van der Waals surface area contributed by atoms with Crippen LogP contribution in [0.15, 0.2) is 48.7 Å². The molecule has 1 saturated heterocycles. The molecule has 0 atom stereocenters. The fourth-order valence-electron chi connectivity index (χ4n) is 3.19. The normalized spacial score (nSPS) is 13.5. The minimum atomic E-state index is -0.269. The number of nitrogens with zero attached hydrogens (tertiary/aromatic N) is 4. The van der Waals surface area contributed by atoms with Gasteiger partial charge in [-0.2, -0.15) is 4.98 Å². The molecule has 1 aromatic carbocycles. The number of amides is 1. The largest absolute Gasteiger partial charge is 0.495 e. The number of ether oxygens (including phenoxy) is 2. The van der Waals surface area contributed by atoms with Crippen molar-refractivity contribution in [1.29, 1.82) is 0 Å². The summed E-state index contributed by atoms with van der Waals surface area (Å²) in [5, 5.41) is 6.66. The van der Waals surface area contributed by atoms with E-state index in [2.05, 4.69) is 30.5 Å². The summed E-state index contributed by atoms with van der Waals surface area (Å²) in [6, 6.07) is 12.4. The molecule has 2 aromatic heterocycles. The molecule has 0 bridgehead atoms. The fraction of sp³-hybridized carbons (Fsp3) is 0.273. The van der Waals surface area contributed by atoms with E-state index >= 15 is 0 Å². The minimum absolute atomic E-state index is 0.230. The number of pyridine rings is 1. The lowest BCUT2D eigenvalue weighted by Crippen LogP contribution is -2.37. The van der Waals surface area contributed by atoms with Gasteiger partial charge in [0, 0.05) is 37.1 Å². The highest BCUT2D eigenvalue weighted by Crippen LogP contribution is 2.29. The van der Waals surface area contributed by atoms with E-state index in [0.29, 0.717) is 60.2 Å². The maximum absolute atomic E-state index is 12.4. The number of carbonyl (C=O) groups is 1. The highest BCUT2D eigenvalue weighted by atomic mass is 35.5. The Morgan fingerprint density at radius 3 is 2.78 bits per heavy atom. The van der Waals surface area contributed by atoms with Crippen molar-refractivity contribution in [3.63, 3.8) is 0 Å². The van der Waals surface area contributed by atoms with Crippen LogP contribution in [-0.2, 0) is 11.3 Å². The molecule has 0 radical (unpaired) electrons. The second kappa shape index (κ2) is 10.3. The molecule has 3 heterocycles. The molecular formula is C22H23ClN6O3. The van der Waals surface area contributed by atoms with Crippen LogP contribution >= 0.6 is 11.6 Å². The second-order valence-electron chi connectivity index (χ2n) is 7.02. The lowest BCUT2D eigenvalue weighted by Gasteiger charge is -2.27. The Morgan fingerprint density at radius 2 is 2.03 bits per heavy atom. The van der Waals surface area contributed by atoms with E-state index in [0.717, 1.165) is 5.69 Å². The van der Waals surface area contributed by atoms with Crippen LogP contribution in [0.3, 0.4) is 0 Å². The van der Waals surface area contributed by atoms with Crippen LogP contribution < -0.4 is 20.3 Å². The zero-order valence-electron chi connectivity index (χ0n) is 17.5. The number of hydrogen-bond donors (Lipinski definition) is 2. The first-order chi connectivity index (χ1) is 15.6. The van der Waals surface area contributed by atoms with Crippen LogP contribution in [0.2, 0.25) is 5.02 Å². The van der Waals surface area contributed by atoms with Gasteiger partial charge in [0.05, 0.1) is 37.6 Å². The molecule has 32 heavy (non-hydrogen) atoms. The van der Waals surface area contributed by atoms with Crippen LogP contribution in [0, 0.1) is 0 Å². The van der Waals surface area contributed by atoms with Crippen molar-refractivity contribution < 1.29 is 14.3 Å². The third-order valence-electron chi connectivity index (χ3n) is 4.81. The van der Waals surface area contributed by atoms with Crippen molar-refractivity contribution in [1.82, 2.24) is 20.3 Å². The Bertz CT molecular complexity index is 1080. The summed E-state index contributed by atoms with van der Waals surface area (Å²) < 4.78 is 10.7. The van der Waals surface area contributed by atoms with Gasteiger partial charge in [0.25, 0.3) is 5.91 Å². The third kappa shape index (κ3) is 5.43.